The number of halogens is 3. The Balaban J connectivity index is 1.77. The van der Waals surface area contributed by atoms with Crippen molar-refractivity contribution in [1.82, 2.24) is 0 Å². The lowest BCUT2D eigenvalue weighted by Crippen LogP contribution is -2.43. The highest BCUT2D eigenvalue weighted by atomic mass is 19.4. The van der Waals surface area contributed by atoms with E-state index in [0.717, 1.165) is 37.0 Å². The van der Waals surface area contributed by atoms with Crippen molar-refractivity contribution in [1.29, 1.82) is 0 Å². The highest BCUT2D eigenvalue weighted by Gasteiger charge is 2.47. The van der Waals surface area contributed by atoms with Crippen molar-refractivity contribution in [3.05, 3.63) is 47.5 Å². The average Bonchev–Trinajstić information content (AvgIpc) is 3.51. The van der Waals surface area contributed by atoms with Crippen LogP contribution in [0.1, 0.15) is 50.2 Å². The lowest BCUT2D eigenvalue weighted by atomic mass is 9.64. The monoisotopic (exact) mass is 433 g/mol. The molecule has 0 saturated heterocycles. The Morgan fingerprint density at radius 1 is 1.16 bits per heavy atom. The van der Waals surface area contributed by atoms with E-state index in [-0.39, 0.29) is 12.6 Å². The highest BCUT2D eigenvalue weighted by Crippen LogP contribution is 2.49. The van der Waals surface area contributed by atoms with E-state index in [2.05, 4.69) is 0 Å². The van der Waals surface area contributed by atoms with Crippen LogP contribution in [-0.2, 0) is 21.1 Å². The molecular weight excluding hydrogens is 407 g/mol. The van der Waals surface area contributed by atoms with Gasteiger partial charge in [-0.25, -0.2) is 0 Å². The van der Waals surface area contributed by atoms with Crippen LogP contribution in [0, 0.1) is 5.92 Å². The van der Waals surface area contributed by atoms with Crippen molar-refractivity contribution in [3.8, 4) is 16.9 Å². The molecule has 0 aromatic heterocycles. The molecule has 0 unspecified atom stereocenters. The van der Waals surface area contributed by atoms with E-state index in [9.17, 15) is 18.0 Å². The number of anilines is 1. The molecule has 2 fully saturated rings. The minimum absolute atomic E-state index is 0.280. The van der Waals surface area contributed by atoms with E-state index in [1.165, 1.54) is 12.1 Å². The maximum absolute atomic E-state index is 13.0. The van der Waals surface area contributed by atoms with Crippen molar-refractivity contribution >= 4 is 11.7 Å². The van der Waals surface area contributed by atoms with Gasteiger partial charge in [0.05, 0.1) is 29.9 Å². The third kappa shape index (κ3) is 4.23. The first-order valence-electron chi connectivity index (χ1n) is 10.7. The van der Waals surface area contributed by atoms with E-state index in [1.54, 1.807) is 19.1 Å². The number of nitrogens with two attached hydrogens (primary N) is 1. The number of carbonyl (C=O) groups excluding carboxylic acids is 1. The zero-order valence-electron chi connectivity index (χ0n) is 17.4. The Morgan fingerprint density at radius 2 is 1.84 bits per heavy atom. The molecule has 166 valence electrons. The smallest absolute Gasteiger partial charge is 0.416 e. The van der Waals surface area contributed by atoms with Gasteiger partial charge in [0.2, 0.25) is 0 Å². The van der Waals surface area contributed by atoms with Crippen molar-refractivity contribution in [2.75, 3.05) is 18.9 Å². The molecular formula is C24H26F3NO3. The van der Waals surface area contributed by atoms with Gasteiger partial charge in [-0.15, -0.1) is 0 Å². The van der Waals surface area contributed by atoms with Gasteiger partial charge in [-0.1, -0.05) is 18.6 Å². The number of hydrogen-bond donors (Lipinski definition) is 1. The van der Waals surface area contributed by atoms with Crippen molar-refractivity contribution < 1.29 is 27.4 Å². The Morgan fingerprint density at radius 3 is 2.35 bits per heavy atom. The minimum atomic E-state index is -4.41. The number of nitrogen functional groups attached to an aromatic ring is 1. The van der Waals surface area contributed by atoms with E-state index < -0.39 is 17.2 Å². The fourth-order valence-corrected chi connectivity index (χ4v) is 4.00. The second-order valence-electron chi connectivity index (χ2n) is 8.42. The molecule has 31 heavy (non-hydrogen) atoms. The minimum Gasteiger partial charge on any atom is -0.491 e. The van der Waals surface area contributed by atoms with Gasteiger partial charge in [-0.3, -0.25) is 4.79 Å². The largest absolute Gasteiger partial charge is 0.491 e. The van der Waals surface area contributed by atoms with Crippen LogP contribution in [0.25, 0.3) is 11.1 Å². The first kappa shape index (κ1) is 21.5. The molecule has 4 rings (SSSR count). The summed E-state index contributed by atoms with van der Waals surface area (Å²) in [5.74, 6) is 0.688. The molecule has 0 radical (unpaired) electrons. The molecule has 2 N–H and O–H groups in total. The lowest BCUT2D eigenvalue weighted by molar-refractivity contribution is -0.154. The Kier molecular flexibility index (Phi) is 5.62. The lowest BCUT2D eigenvalue weighted by Gasteiger charge is -2.40. The molecule has 2 aliphatic carbocycles. The number of carbonyl (C=O) groups is 1. The Hall–Kier alpha value is -2.70. The van der Waals surface area contributed by atoms with Gasteiger partial charge in [-0.2, -0.15) is 13.2 Å². The van der Waals surface area contributed by atoms with Gasteiger partial charge in [0.25, 0.3) is 0 Å². The fraction of sp³-hybridized carbons (Fsp3) is 0.458. The summed E-state index contributed by atoms with van der Waals surface area (Å²) in [4.78, 5) is 12.8. The maximum Gasteiger partial charge on any atom is 0.416 e. The Labute approximate surface area is 179 Å². The van der Waals surface area contributed by atoms with E-state index in [1.807, 2.05) is 0 Å². The van der Waals surface area contributed by atoms with Crippen molar-refractivity contribution in [2.45, 2.75) is 50.6 Å². The molecule has 0 aliphatic heterocycles. The van der Waals surface area contributed by atoms with Crippen LogP contribution in [0.15, 0.2) is 36.4 Å². The van der Waals surface area contributed by atoms with Crippen LogP contribution < -0.4 is 10.5 Å². The van der Waals surface area contributed by atoms with Gasteiger partial charge >= 0.3 is 12.1 Å². The first-order chi connectivity index (χ1) is 14.7. The number of alkyl halides is 3. The number of rotatable bonds is 7. The van der Waals surface area contributed by atoms with Crippen molar-refractivity contribution in [2.24, 2.45) is 5.92 Å². The molecule has 0 spiro atoms. The molecule has 7 heteroatoms. The van der Waals surface area contributed by atoms with Crippen molar-refractivity contribution in [3.63, 3.8) is 0 Å². The van der Waals surface area contributed by atoms with E-state index in [0.29, 0.717) is 47.9 Å². The summed E-state index contributed by atoms with van der Waals surface area (Å²) in [6.45, 7) is 2.59. The SMILES string of the molecule is CCOC(=O)C1(c2cc(OCC3CC3)c(N)c(-c3ccc(C(F)(F)F)cc3)c2)CCC1. The molecule has 0 bridgehead atoms. The fourth-order valence-electron chi connectivity index (χ4n) is 4.00. The molecule has 0 amide bonds. The molecule has 2 aliphatic rings. The predicted octanol–water partition coefficient (Wildman–Crippen LogP) is 5.73. The summed E-state index contributed by atoms with van der Waals surface area (Å²) in [7, 11) is 0. The molecule has 2 aromatic rings. The second-order valence-corrected chi connectivity index (χ2v) is 8.42. The first-order valence-corrected chi connectivity index (χ1v) is 10.7. The normalized spacial score (nSPS) is 17.7. The van der Waals surface area contributed by atoms with Crippen LogP contribution in [-0.4, -0.2) is 19.2 Å². The molecule has 2 aromatic carbocycles. The van der Waals surface area contributed by atoms with Gasteiger partial charge in [-0.05, 0) is 73.9 Å². The highest BCUT2D eigenvalue weighted by molar-refractivity contribution is 5.88. The zero-order valence-corrected chi connectivity index (χ0v) is 17.4. The van der Waals surface area contributed by atoms with Crippen LogP contribution in [0.3, 0.4) is 0 Å². The van der Waals surface area contributed by atoms with Gasteiger partial charge in [0.1, 0.15) is 5.75 Å². The number of ether oxygens (including phenoxy) is 2. The average molecular weight is 433 g/mol. The second kappa shape index (κ2) is 8.09. The van der Waals surface area contributed by atoms with Crippen LogP contribution >= 0.6 is 0 Å². The molecule has 4 nitrogen and oxygen atoms in total. The van der Waals surface area contributed by atoms with Crippen LogP contribution in [0.5, 0.6) is 5.75 Å². The Bertz CT molecular complexity index is 961. The summed E-state index contributed by atoms with van der Waals surface area (Å²) >= 11 is 0. The van der Waals surface area contributed by atoms with Gasteiger partial charge in [0.15, 0.2) is 0 Å². The predicted molar refractivity (Wildman–Crippen MR) is 112 cm³/mol. The summed E-state index contributed by atoms with van der Waals surface area (Å²) in [6.07, 6.45) is 0.0200. The third-order valence-corrected chi connectivity index (χ3v) is 6.26. The topological polar surface area (TPSA) is 61.5 Å². The summed E-state index contributed by atoms with van der Waals surface area (Å²) in [6, 6.07) is 8.49. The maximum atomic E-state index is 13.0. The quantitative estimate of drug-likeness (QED) is 0.448. The third-order valence-electron chi connectivity index (χ3n) is 6.26. The van der Waals surface area contributed by atoms with Gasteiger partial charge in [0, 0.05) is 5.56 Å². The summed E-state index contributed by atoms with van der Waals surface area (Å²) in [5.41, 5.74) is 7.12. The summed E-state index contributed by atoms with van der Waals surface area (Å²) in [5, 5.41) is 0. The zero-order chi connectivity index (χ0) is 22.2. The standard InChI is InChI=1S/C24H26F3NO3/c1-2-30-22(29)23(10-3-11-23)18-12-19(16-6-8-17(9-7-16)24(25,26)27)21(28)20(13-18)31-14-15-4-5-15/h6-9,12-13,15H,2-5,10-11,14,28H2,1H3. The number of esters is 1. The van der Waals surface area contributed by atoms with E-state index in [4.69, 9.17) is 15.2 Å². The number of benzene rings is 2. The molecule has 0 atom stereocenters. The number of hydrogen-bond acceptors (Lipinski definition) is 4. The molecule has 2 saturated carbocycles. The van der Waals surface area contributed by atoms with Gasteiger partial charge < -0.3 is 15.2 Å². The molecule has 0 heterocycles. The summed E-state index contributed by atoms with van der Waals surface area (Å²) < 4.78 is 50.3. The van der Waals surface area contributed by atoms with Crippen LogP contribution in [0.4, 0.5) is 18.9 Å². The van der Waals surface area contributed by atoms with Crippen LogP contribution in [0.2, 0.25) is 0 Å². The van der Waals surface area contributed by atoms with E-state index >= 15 is 0 Å².